The fourth-order valence-corrected chi connectivity index (χ4v) is 2.29. The number of nitrogens with zero attached hydrogens (tertiary/aromatic N) is 2. The van der Waals surface area contributed by atoms with E-state index in [1.165, 1.54) is 13.0 Å². The minimum Gasteiger partial charge on any atom is -0.355 e. The molecule has 0 aliphatic carbocycles. The molecule has 0 saturated heterocycles. The van der Waals surface area contributed by atoms with Gasteiger partial charge in [-0.1, -0.05) is 0 Å². The van der Waals surface area contributed by atoms with Gasteiger partial charge < -0.3 is 9.88 Å². The number of carbonyl (C=O) groups is 1. The number of hydrogen-bond acceptors (Lipinski definition) is 4. The molecule has 0 fully saturated rings. The molecular weight excluding hydrogens is 278 g/mol. The molecule has 0 aliphatic heterocycles. The maximum atomic E-state index is 12.4. The topological polar surface area (TPSA) is 64.0 Å². The van der Waals surface area contributed by atoms with Gasteiger partial charge >= 0.3 is 0 Å². The lowest BCUT2D eigenvalue weighted by atomic mass is 10.0. The van der Waals surface area contributed by atoms with E-state index in [0.717, 1.165) is 16.8 Å². The molecule has 1 N–H and O–H groups in total. The molecule has 0 amide bonds. The summed E-state index contributed by atoms with van der Waals surface area (Å²) in [6, 6.07) is 5.61. The lowest BCUT2D eigenvalue weighted by Gasteiger charge is -2.14. The van der Waals surface area contributed by atoms with E-state index in [-0.39, 0.29) is 11.3 Å². The van der Waals surface area contributed by atoms with Gasteiger partial charge in [0.15, 0.2) is 5.78 Å². The molecule has 0 bridgehead atoms. The summed E-state index contributed by atoms with van der Waals surface area (Å²) in [6.07, 6.45) is 4.90. The Morgan fingerprint density at radius 2 is 1.91 bits per heavy atom. The summed E-state index contributed by atoms with van der Waals surface area (Å²) in [6.45, 7) is 5.13. The van der Waals surface area contributed by atoms with Crippen LogP contribution in [0.1, 0.15) is 19.5 Å². The first-order valence-corrected chi connectivity index (χ1v) is 6.97. The molecule has 114 valence electrons. The fourth-order valence-electron chi connectivity index (χ4n) is 2.29. The lowest BCUT2D eigenvalue weighted by Crippen LogP contribution is -2.23. The SMILES string of the molecule is CC(=O)/C=C(\C)Nc1cc(-c2ccncc2)c(C)n(C)c1=O. The third-order valence-corrected chi connectivity index (χ3v) is 3.46. The molecule has 22 heavy (non-hydrogen) atoms. The molecule has 0 radical (unpaired) electrons. The first kappa shape index (κ1) is 15.7. The summed E-state index contributed by atoms with van der Waals surface area (Å²) >= 11 is 0. The largest absolute Gasteiger partial charge is 0.355 e. The maximum absolute atomic E-state index is 12.4. The Hall–Kier alpha value is -2.69. The van der Waals surface area contributed by atoms with Crippen molar-refractivity contribution in [2.75, 3.05) is 5.32 Å². The van der Waals surface area contributed by atoms with Crippen LogP contribution in [0.2, 0.25) is 0 Å². The molecular formula is C17H19N3O2. The highest BCUT2D eigenvalue weighted by molar-refractivity contribution is 5.88. The zero-order valence-electron chi connectivity index (χ0n) is 13.2. The van der Waals surface area contributed by atoms with Gasteiger partial charge in [-0.2, -0.15) is 0 Å². The fraction of sp³-hybridized carbons (Fsp3) is 0.235. The summed E-state index contributed by atoms with van der Waals surface area (Å²) in [5.74, 6) is -0.0664. The maximum Gasteiger partial charge on any atom is 0.274 e. The minimum absolute atomic E-state index is 0.0664. The van der Waals surface area contributed by atoms with E-state index in [0.29, 0.717) is 11.4 Å². The molecule has 2 aromatic rings. The molecule has 2 rings (SSSR count). The van der Waals surface area contributed by atoms with Crippen molar-refractivity contribution in [3.05, 3.63) is 58.4 Å². The van der Waals surface area contributed by atoms with Gasteiger partial charge in [-0.3, -0.25) is 14.6 Å². The smallest absolute Gasteiger partial charge is 0.274 e. The number of allylic oxidation sites excluding steroid dienone is 2. The molecule has 5 heteroatoms. The average molecular weight is 297 g/mol. The molecule has 0 saturated carbocycles. The van der Waals surface area contributed by atoms with E-state index >= 15 is 0 Å². The molecule has 2 heterocycles. The first-order valence-electron chi connectivity index (χ1n) is 6.97. The number of hydrogen-bond donors (Lipinski definition) is 1. The van der Waals surface area contributed by atoms with Gasteiger partial charge in [0.25, 0.3) is 5.56 Å². The standard InChI is InChI=1S/C17H19N3O2/c1-11(9-12(2)21)19-16-10-15(13(3)20(4)17(16)22)14-5-7-18-8-6-14/h5-10,19H,1-4H3/b11-9+. The quantitative estimate of drug-likeness (QED) is 0.881. The Kier molecular flexibility index (Phi) is 4.56. The number of ketones is 1. The number of aromatic nitrogens is 2. The minimum atomic E-state index is -0.133. The highest BCUT2D eigenvalue weighted by Gasteiger charge is 2.11. The molecule has 0 aromatic carbocycles. The highest BCUT2D eigenvalue weighted by atomic mass is 16.1. The van der Waals surface area contributed by atoms with Gasteiger partial charge in [0.1, 0.15) is 5.69 Å². The normalized spacial score (nSPS) is 11.4. The first-order chi connectivity index (χ1) is 10.4. The van der Waals surface area contributed by atoms with Crippen molar-refractivity contribution in [1.82, 2.24) is 9.55 Å². The summed E-state index contributed by atoms with van der Waals surface area (Å²) in [5, 5.41) is 3.01. The van der Waals surface area contributed by atoms with E-state index in [2.05, 4.69) is 10.3 Å². The average Bonchev–Trinajstić information content (AvgIpc) is 2.48. The van der Waals surface area contributed by atoms with Gasteiger partial charge in [0, 0.05) is 36.4 Å². The number of pyridine rings is 2. The highest BCUT2D eigenvalue weighted by Crippen LogP contribution is 2.24. The van der Waals surface area contributed by atoms with Gasteiger partial charge in [-0.15, -0.1) is 0 Å². The van der Waals surface area contributed by atoms with Crippen molar-refractivity contribution in [1.29, 1.82) is 0 Å². The van der Waals surface area contributed by atoms with Crippen LogP contribution in [-0.4, -0.2) is 15.3 Å². The van der Waals surface area contributed by atoms with E-state index in [9.17, 15) is 9.59 Å². The third-order valence-electron chi connectivity index (χ3n) is 3.46. The molecule has 0 spiro atoms. The predicted molar refractivity (Wildman–Crippen MR) is 87.7 cm³/mol. The second-order valence-corrected chi connectivity index (χ2v) is 5.22. The Labute approximate surface area is 129 Å². The number of rotatable bonds is 4. The van der Waals surface area contributed by atoms with Gasteiger partial charge in [0.05, 0.1) is 0 Å². The van der Waals surface area contributed by atoms with E-state index in [4.69, 9.17) is 0 Å². The van der Waals surface area contributed by atoms with Crippen LogP contribution in [0.4, 0.5) is 5.69 Å². The van der Waals surface area contributed by atoms with Crippen LogP contribution < -0.4 is 10.9 Å². The van der Waals surface area contributed by atoms with E-state index in [1.807, 2.05) is 25.1 Å². The molecule has 0 aliphatic rings. The Balaban J connectivity index is 2.55. The second kappa shape index (κ2) is 6.39. The number of carbonyl (C=O) groups excluding carboxylic acids is 1. The van der Waals surface area contributed by atoms with Crippen LogP contribution in [0.5, 0.6) is 0 Å². The van der Waals surface area contributed by atoms with Crippen LogP contribution in [0.25, 0.3) is 11.1 Å². The number of nitrogens with one attached hydrogen (secondary N) is 1. The Morgan fingerprint density at radius 1 is 1.27 bits per heavy atom. The molecule has 2 aromatic heterocycles. The van der Waals surface area contributed by atoms with Gasteiger partial charge in [-0.05, 0) is 50.6 Å². The van der Waals surface area contributed by atoms with Crippen LogP contribution >= 0.6 is 0 Å². The molecule has 0 unspecified atom stereocenters. The molecule has 5 nitrogen and oxygen atoms in total. The molecule has 0 atom stereocenters. The van der Waals surface area contributed by atoms with Crippen LogP contribution in [0.15, 0.2) is 47.2 Å². The number of anilines is 1. The predicted octanol–water partition coefficient (Wildman–Crippen LogP) is 2.66. The summed E-state index contributed by atoms with van der Waals surface area (Å²) in [4.78, 5) is 27.5. The Bertz CT molecular complexity index is 790. The monoisotopic (exact) mass is 297 g/mol. The van der Waals surface area contributed by atoms with Crippen LogP contribution in [0, 0.1) is 6.92 Å². The van der Waals surface area contributed by atoms with Crippen molar-refractivity contribution in [2.24, 2.45) is 7.05 Å². The zero-order chi connectivity index (χ0) is 16.3. The Morgan fingerprint density at radius 3 is 2.50 bits per heavy atom. The van der Waals surface area contributed by atoms with Crippen molar-refractivity contribution in [2.45, 2.75) is 20.8 Å². The zero-order valence-corrected chi connectivity index (χ0v) is 13.2. The van der Waals surface area contributed by atoms with Crippen LogP contribution in [0.3, 0.4) is 0 Å². The van der Waals surface area contributed by atoms with E-state index in [1.54, 1.807) is 30.9 Å². The summed E-state index contributed by atoms with van der Waals surface area (Å²) in [5.41, 5.74) is 3.74. The second-order valence-electron chi connectivity index (χ2n) is 5.22. The van der Waals surface area contributed by atoms with Crippen molar-refractivity contribution in [3.63, 3.8) is 0 Å². The van der Waals surface area contributed by atoms with Gasteiger partial charge in [0.2, 0.25) is 0 Å². The van der Waals surface area contributed by atoms with Crippen molar-refractivity contribution >= 4 is 11.5 Å². The van der Waals surface area contributed by atoms with Gasteiger partial charge in [-0.25, -0.2) is 0 Å². The van der Waals surface area contributed by atoms with E-state index < -0.39 is 0 Å². The lowest BCUT2D eigenvalue weighted by molar-refractivity contribution is -0.112. The summed E-state index contributed by atoms with van der Waals surface area (Å²) < 4.78 is 1.60. The van der Waals surface area contributed by atoms with Crippen molar-refractivity contribution in [3.8, 4) is 11.1 Å². The van der Waals surface area contributed by atoms with Crippen LogP contribution in [-0.2, 0) is 11.8 Å². The van der Waals surface area contributed by atoms with Crippen molar-refractivity contribution < 1.29 is 4.79 Å². The summed E-state index contributed by atoms with van der Waals surface area (Å²) in [7, 11) is 1.73. The third kappa shape index (κ3) is 3.31.